The van der Waals surface area contributed by atoms with Gasteiger partial charge in [-0.25, -0.2) is 12.8 Å². The Morgan fingerprint density at radius 2 is 1.51 bits per heavy atom. The van der Waals surface area contributed by atoms with E-state index in [9.17, 15) is 17.6 Å². The number of ether oxygens (including phenoxy) is 1. The van der Waals surface area contributed by atoms with Gasteiger partial charge in [0.15, 0.2) is 0 Å². The van der Waals surface area contributed by atoms with Gasteiger partial charge < -0.3 is 10.1 Å². The highest BCUT2D eigenvalue weighted by Gasteiger charge is 2.29. The summed E-state index contributed by atoms with van der Waals surface area (Å²) in [4.78, 5) is 13.4. The normalized spacial score (nSPS) is 12.0. The predicted octanol–water partition coefficient (Wildman–Crippen LogP) is 5.24. The molecule has 6 nitrogen and oxygen atoms in total. The fourth-order valence-corrected chi connectivity index (χ4v) is 5.45. The molecule has 0 aromatic heterocycles. The molecule has 190 valence electrons. The molecule has 0 unspecified atom stereocenters. The summed E-state index contributed by atoms with van der Waals surface area (Å²) in [6.07, 6.45) is 0. The number of carbonyl (C=O) groups is 1. The maximum absolute atomic E-state index is 13.6. The van der Waals surface area contributed by atoms with Crippen molar-refractivity contribution in [3.8, 4) is 5.75 Å². The molecule has 4 aromatic rings. The van der Waals surface area contributed by atoms with Crippen LogP contribution in [-0.4, -0.2) is 28.0 Å². The first-order valence-electron chi connectivity index (χ1n) is 11.6. The largest absolute Gasteiger partial charge is 0.497 e. The lowest BCUT2D eigenvalue weighted by atomic mass is 9.95. The number of aryl methyl sites for hydroxylation is 1. The Labute approximate surface area is 216 Å². The molecule has 1 atom stereocenters. The maximum Gasteiger partial charge on any atom is 0.264 e. The van der Waals surface area contributed by atoms with Gasteiger partial charge in [0.25, 0.3) is 10.0 Å². The molecule has 0 saturated heterocycles. The van der Waals surface area contributed by atoms with Gasteiger partial charge in [0, 0.05) is 0 Å². The molecule has 4 aromatic carbocycles. The minimum atomic E-state index is -4.17. The second-order valence-electron chi connectivity index (χ2n) is 8.43. The van der Waals surface area contributed by atoms with Crippen LogP contribution in [0, 0.1) is 12.7 Å². The Balaban J connectivity index is 1.69. The van der Waals surface area contributed by atoms with E-state index in [1.165, 1.54) is 43.5 Å². The highest BCUT2D eigenvalue weighted by Crippen LogP contribution is 2.27. The lowest BCUT2D eigenvalue weighted by Gasteiger charge is -2.27. The van der Waals surface area contributed by atoms with Crippen molar-refractivity contribution >= 4 is 21.6 Å². The monoisotopic (exact) mass is 518 g/mol. The fraction of sp³-hybridized carbons (Fsp3) is 0.138. The molecular formula is C29H27FN2O4S. The summed E-state index contributed by atoms with van der Waals surface area (Å²) < 4.78 is 47.0. The Bertz CT molecular complexity index is 1460. The average molecular weight is 519 g/mol. The molecule has 0 heterocycles. The van der Waals surface area contributed by atoms with Crippen molar-refractivity contribution in [3.63, 3.8) is 0 Å². The van der Waals surface area contributed by atoms with Crippen molar-refractivity contribution < 1.29 is 22.3 Å². The van der Waals surface area contributed by atoms with E-state index >= 15 is 0 Å². The number of methoxy groups -OCH3 is 1. The van der Waals surface area contributed by atoms with Gasteiger partial charge in [-0.1, -0.05) is 54.6 Å². The number of amides is 1. The first-order valence-corrected chi connectivity index (χ1v) is 13.1. The SMILES string of the molecule is COc1ccc(S(=O)(=O)N(CC(=O)N[C@@H](c2ccccc2)c2ccccc2C)c2ccc(F)cc2)cc1. The number of nitrogens with one attached hydrogen (secondary N) is 1. The Hall–Kier alpha value is -4.17. The summed E-state index contributed by atoms with van der Waals surface area (Å²) in [6.45, 7) is 1.45. The number of anilines is 1. The summed E-state index contributed by atoms with van der Waals surface area (Å²) in [5.41, 5.74) is 2.90. The first-order chi connectivity index (χ1) is 17.8. The van der Waals surface area contributed by atoms with E-state index in [-0.39, 0.29) is 10.6 Å². The van der Waals surface area contributed by atoms with Gasteiger partial charge in [0.1, 0.15) is 18.1 Å². The molecule has 0 radical (unpaired) electrons. The van der Waals surface area contributed by atoms with Crippen LogP contribution in [0.15, 0.2) is 108 Å². The summed E-state index contributed by atoms with van der Waals surface area (Å²) in [5, 5.41) is 3.00. The molecule has 0 aliphatic heterocycles. The van der Waals surface area contributed by atoms with E-state index in [4.69, 9.17) is 4.74 Å². The van der Waals surface area contributed by atoms with Crippen molar-refractivity contribution in [2.75, 3.05) is 18.0 Å². The van der Waals surface area contributed by atoms with Gasteiger partial charge in [0.2, 0.25) is 5.91 Å². The molecule has 0 spiro atoms. The highest BCUT2D eigenvalue weighted by molar-refractivity contribution is 7.92. The van der Waals surface area contributed by atoms with E-state index in [0.717, 1.165) is 33.1 Å². The Morgan fingerprint density at radius 3 is 2.14 bits per heavy atom. The zero-order valence-electron chi connectivity index (χ0n) is 20.5. The molecule has 0 fully saturated rings. The smallest absolute Gasteiger partial charge is 0.264 e. The van der Waals surface area contributed by atoms with Gasteiger partial charge in [-0.05, 0) is 72.1 Å². The number of rotatable bonds is 9. The average Bonchev–Trinajstić information content (AvgIpc) is 2.92. The van der Waals surface area contributed by atoms with E-state index in [2.05, 4.69) is 5.32 Å². The highest BCUT2D eigenvalue weighted by atomic mass is 32.2. The van der Waals surface area contributed by atoms with Gasteiger partial charge in [0.05, 0.1) is 23.7 Å². The minimum Gasteiger partial charge on any atom is -0.497 e. The van der Waals surface area contributed by atoms with Gasteiger partial charge in [-0.15, -0.1) is 0 Å². The summed E-state index contributed by atoms with van der Waals surface area (Å²) >= 11 is 0. The molecule has 0 saturated carbocycles. The topological polar surface area (TPSA) is 75.7 Å². The number of nitrogens with zero attached hydrogens (tertiary/aromatic N) is 1. The molecule has 1 amide bonds. The van der Waals surface area contributed by atoms with E-state index in [1.54, 1.807) is 0 Å². The zero-order valence-corrected chi connectivity index (χ0v) is 21.3. The van der Waals surface area contributed by atoms with Crippen LogP contribution in [0.25, 0.3) is 0 Å². The van der Waals surface area contributed by atoms with Gasteiger partial charge >= 0.3 is 0 Å². The summed E-state index contributed by atoms with van der Waals surface area (Å²) in [6, 6.07) is 27.5. The van der Waals surface area contributed by atoms with Gasteiger partial charge in [-0.2, -0.15) is 0 Å². The van der Waals surface area contributed by atoms with Crippen molar-refractivity contribution in [1.82, 2.24) is 5.32 Å². The Kier molecular flexibility index (Phi) is 7.89. The maximum atomic E-state index is 13.6. The van der Waals surface area contributed by atoms with E-state index in [1.807, 2.05) is 61.5 Å². The molecule has 0 bridgehead atoms. The molecule has 0 aliphatic rings. The number of benzene rings is 4. The molecule has 37 heavy (non-hydrogen) atoms. The molecule has 4 rings (SSSR count). The van der Waals surface area contributed by atoms with E-state index in [0.29, 0.717) is 5.75 Å². The van der Waals surface area contributed by atoms with Crippen LogP contribution in [0.5, 0.6) is 5.75 Å². The molecular weight excluding hydrogens is 491 g/mol. The minimum absolute atomic E-state index is 0.0241. The lowest BCUT2D eigenvalue weighted by Crippen LogP contribution is -2.42. The number of carbonyl (C=O) groups excluding carboxylic acids is 1. The van der Waals surface area contributed by atoms with Crippen LogP contribution in [0.2, 0.25) is 0 Å². The zero-order chi connectivity index (χ0) is 26.4. The number of hydrogen-bond donors (Lipinski definition) is 1. The van der Waals surface area contributed by atoms with Crippen molar-refractivity contribution in [3.05, 3.63) is 126 Å². The summed E-state index contributed by atoms with van der Waals surface area (Å²) in [7, 11) is -2.68. The number of halogens is 1. The third-order valence-electron chi connectivity index (χ3n) is 5.99. The number of sulfonamides is 1. The van der Waals surface area contributed by atoms with Crippen molar-refractivity contribution in [2.24, 2.45) is 0 Å². The third kappa shape index (κ3) is 5.98. The van der Waals surface area contributed by atoms with Crippen molar-refractivity contribution in [1.29, 1.82) is 0 Å². The third-order valence-corrected chi connectivity index (χ3v) is 7.78. The first kappa shape index (κ1) is 25.9. The fourth-order valence-electron chi connectivity index (χ4n) is 4.03. The second kappa shape index (κ2) is 11.3. The lowest BCUT2D eigenvalue weighted by molar-refractivity contribution is -0.120. The second-order valence-corrected chi connectivity index (χ2v) is 10.3. The van der Waals surface area contributed by atoms with Crippen LogP contribution in [0.4, 0.5) is 10.1 Å². The van der Waals surface area contributed by atoms with Crippen LogP contribution in [0.1, 0.15) is 22.7 Å². The van der Waals surface area contributed by atoms with Crippen molar-refractivity contribution in [2.45, 2.75) is 17.9 Å². The molecule has 8 heteroatoms. The van der Waals surface area contributed by atoms with Crippen LogP contribution in [-0.2, 0) is 14.8 Å². The number of hydrogen-bond acceptors (Lipinski definition) is 4. The van der Waals surface area contributed by atoms with E-state index < -0.39 is 34.3 Å². The molecule has 0 aliphatic carbocycles. The van der Waals surface area contributed by atoms with Gasteiger partial charge in [-0.3, -0.25) is 9.10 Å². The predicted molar refractivity (Wildman–Crippen MR) is 142 cm³/mol. The van der Waals surface area contributed by atoms with Crippen LogP contribution in [0.3, 0.4) is 0 Å². The van der Waals surface area contributed by atoms with Crippen LogP contribution < -0.4 is 14.4 Å². The van der Waals surface area contributed by atoms with Crippen LogP contribution >= 0.6 is 0 Å². The summed E-state index contributed by atoms with van der Waals surface area (Å²) in [5.74, 6) is -0.536. The molecule has 1 N–H and O–H groups in total. The quantitative estimate of drug-likeness (QED) is 0.329. The standard InChI is InChI=1S/C29H27FN2O4S/c1-21-8-6-7-11-27(21)29(22-9-4-3-5-10-22)31-28(33)20-32(24-14-12-23(30)13-15-24)37(34,35)26-18-16-25(36-2)17-19-26/h3-19,29H,20H2,1-2H3,(H,31,33)/t29-/m0/s1. The Morgan fingerprint density at radius 1 is 0.892 bits per heavy atom.